The topological polar surface area (TPSA) is 34.2 Å². The van der Waals surface area contributed by atoms with Gasteiger partial charge in [0.2, 0.25) is 0 Å². The Hall–Kier alpha value is -1.32. The highest BCUT2D eigenvalue weighted by molar-refractivity contribution is 5.84. The molecule has 0 amide bonds. The molecule has 2 aromatic rings. The zero-order valence-electron chi connectivity index (χ0n) is 11.9. The Balaban J connectivity index is 1.60. The lowest BCUT2D eigenvalue weighted by molar-refractivity contribution is -0.178. The van der Waals surface area contributed by atoms with Crippen molar-refractivity contribution in [2.24, 2.45) is 0 Å². The normalized spacial score (nSPS) is 22.9. The molecule has 2 aliphatic rings. The Bertz CT molecular complexity index is 615. The van der Waals surface area contributed by atoms with E-state index in [0.29, 0.717) is 5.92 Å². The van der Waals surface area contributed by atoms with Crippen molar-refractivity contribution in [2.75, 3.05) is 13.2 Å². The smallest absolute Gasteiger partial charge is 0.168 e. The number of fused-ring (bicyclic) bond motifs is 1. The summed E-state index contributed by atoms with van der Waals surface area (Å²) in [7, 11) is 0. The van der Waals surface area contributed by atoms with Crippen LogP contribution in [0.2, 0.25) is 0 Å². The molecule has 1 aromatic carbocycles. The number of benzene rings is 1. The van der Waals surface area contributed by atoms with E-state index in [2.05, 4.69) is 36.3 Å². The van der Waals surface area contributed by atoms with Crippen LogP contribution in [-0.4, -0.2) is 24.0 Å². The number of hydrogen-bond acceptors (Lipinski definition) is 2. The first-order chi connectivity index (χ1) is 9.76. The lowest BCUT2D eigenvalue weighted by Gasteiger charge is -2.35. The van der Waals surface area contributed by atoms with Gasteiger partial charge in [0.15, 0.2) is 5.79 Å². The van der Waals surface area contributed by atoms with Crippen molar-refractivity contribution in [3.63, 3.8) is 0 Å². The maximum Gasteiger partial charge on any atom is 0.168 e. The molecule has 1 aliphatic heterocycles. The number of hydrogen-bond donors (Lipinski definition) is 1. The van der Waals surface area contributed by atoms with Crippen LogP contribution >= 0.6 is 0 Å². The number of ether oxygens (including phenoxy) is 2. The summed E-state index contributed by atoms with van der Waals surface area (Å²) in [6, 6.07) is 6.65. The highest BCUT2D eigenvalue weighted by atomic mass is 16.7. The maximum atomic E-state index is 5.82. The van der Waals surface area contributed by atoms with E-state index in [1.54, 1.807) is 0 Å². The average molecular weight is 271 g/mol. The number of rotatable bonds is 1. The summed E-state index contributed by atoms with van der Waals surface area (Å²) in [5.74, 6) is 0.377. The van der Waals surface area contributed by atoms with Crippen LogP contribution in [0.25, 0.3) is 10.9 Å². The fourth-order valence-corrected chi connectivity index (χ4v) is 3.75. The molecule has 0 atom stereocenters. The lowest BCUT2D eigenvalue weighted by atomic mass is 9.81. The van der Waals surface area contributed by atoms with Gasteiger partial charge in [-0.15, -0.1) is 0 Å². The van der Waals surface area contributed by atoms with Gasteiger partial charge in [0.05, 0.1) is 13.2 Å². The number of aromatic nitrogens is 1. The number of H-pyrrole nitrogens is 1. The molecule has 20 heavy (non-hydrogen) atoms. The van der Waals surface area contributed by atoms with Crippen LogP contribution in [0.4, 0.5) is 0 Å². The van der Waals surface area contributed by atoms with E-state index < -0.39 is 0 Å². The lowest BCUT2D eigenvalue weighted by Crippen LogP contribution is -2.34. The number of nitrogens with one attached hydrogen (secondary N) is 1. The van der Waals surface area contributed by atoms with Crippen LogP contribution in [0, 0.1) is 6.92 Å². The second-order valence-electron chi connectivity index (χ2n) is 6.17. The molecular formula is C17H21NO2. The van der Waals surface area contributed by atoms with Crippen molar-refractivity contribution in [3.05, 3.63) is 35.5 Å². The Kier molecular flexibility index (Phi) is 2.86. The molecule has 3 nitrogen and oxygen atoms in total. The van der Waals surface area contributed by atoms with E-state index in [1.807, 2.05) is 0 Å². The molecule has 0 radical (unpaired) electrons. The predicted octanol–water partition coefficient (Wildman–Crippen LogP) is 3.88. The summed E-state index contributed by atoms with van der Waals surface area (Å²) < 4.78 is 11.6. The van der Waals surface area contributed by atoms with E-state index in [4.69, 9.17) is 9.47 Å². The summed E-state index contributed by atoms with van der Waals surface area (Å²) in [4.78, 5) is 3.41. The second kappa shape index (κ2) is 4.61. The van der Waals surface area contributed by atoms with Crippen molar-refractivity contribution in [3.8, 4) is 0 Å². The molecule has 1 aromatic heterocycles. The Morgan fingerprint density at radius 2 is 1.90 bits per heavy atom. The minimum absolute atomic E-state index is 0.251. The summed E-state index contributed by atoms with van der Waals surface area (Å²) in [6.45, 7) is 3.68. The quantitative estimate of drug-likeness (QED) is 0.854. The highest BCUT2D eigenvalue weighted by Crippen LogP contribution is 2.43. The van der Waals surface area contributed by atoms with Gasteiger partial charge in [0.1, 0.15) is 0 Å². The van der Waals surface area contributed by atoms with Crippen LogP contribution in [0.15, 0.2) is 24.4 Å². The van der Waals surface area contributed by atoms with Crippen molar-refractivity contribution in [1.82, 2.24) is 4.98 Å². The standard InChI is InChI=1S/C17H21NO2/c1-12-2-3-16-14(10-12)15(11-18-16)13-4-6-17(7-5-13)19-8-9-20-17/h2-3,10-11,13,18H,4-9H2,1H3. The molecule has 2 fully saturated rings. The predicted molar refractivity (Wildman–Crippen MR) is 78.9 cm³/mol. The van der Waals surface area contributed by atoms with Gasteiger partial charge in [0, 0.05) is 29.9 Å². The van der Waals surface area contributed by atoms with E-state index in [-0.39, 0.29) is 5.79 Å². The fourth-order valence-electron chi connectivity index (χ4n) is 3.75. The van der Waals surface area contributed by atoms with Gasteiger partial charge in [-0.1, -0.05) is 11.6 Å². The first kappa shape index (κ1) is 12.4. The monoisotopic (exact) mass is 271 g/mol. The van der Waals surface area contributed by atoms with Crippen molar-refractivity contribution in [1.29, 1.82) is 0 Å². The first-order valence-corrected chi connectivity index (χ1v) is 7.61. The zero-order valence-corrected chi connectivity index (χ0v) is 11.9. The molecule has 2 heterocycles. The van der Waals surface area contributed by atoms with Crippen molar-refractivity contribution in [2.45, 2.75) is 44.3 Å². The fraction of sp³-hybridized carbons (Fsp3) is 0.529. The first-order valence-electron chi connectivity index (χ1n) is 7.61. The second-order valence-corrected chi connectivity index (χ2v) is 6.17. The summed E-state index contributed by atoms with van der Waals surface area (Å²) >= 11 is 0. The molecule has 0 bridgehead atoms. The number of aryl methyl sites for hydroxylation is 1. The van der Waals surface area contributed by atoms with Gasteiger partial charge in [-0.3, -0.25) is 0 Å². The largest absolute Gasteiger partial charge is 0.361 e. The molecule has 1 aliphatic carbocycles. The maximum absolute atomic E-state index is 5.82. The Morgan fingerprint density at radius 3 is 2.65 bits per heavy atom. The average Bonchev–Trinajstić information content (AvgIpc) is 3.07. The molecular weight excluding hydrogens is 250 g/mol. The third-order valence-corrected chi connectivity index (χ3v) is 4.87. The van der Waals surface area contributed by atoms with Crippen LogP contribution in [0.3, 0.4) is 0 Å². The Labute approximate surface area is 119 Å². The summed E-state index contributed by atoms with van der Waals surface area (Å²) in [5, 5.41) is 1.39. The summed E-state index contributed by atoms with van der Waals surface area (Å²) in [5.41, 5.74) is 4.05. The molecule has 1 saturated heterocycles. The third kappa shape index (κ3) is 1.97. The van der Waals surface area contributed by atoms with Gasteiger partial charge in [-0.25, -0.2) is 0 Å². The Morgan fingerprint density at radius 1 is 1.15 bits per heavy atom. The van der Waals surface area contributed by atoms with E-state index in [9.17, 15) is 0 Å². The summed E-state index contributed by atoms with van der Waals surface area (Å²) in [6.07, 6.45) is 6.55. The zero-order chi connectivity index (χ0) is 13.6. The molecule has 0 unspecified atom stereocenters. The van der Waals surface area contributed by atoms with Gasteiger partial charge in [-0.05, 0) is 43.4 Å². The molecule has 1 saturated carbocycles. The van der Waals surface area contributed by atoms with Gasteiger partial charge in [-0.2, -0.15) is 0 Å². The molecule has 1 spiro atoms. The molecule has 1 N–H and O–H groups in total. The third-order valence-electron chi connectivity index (χ3n) is 4.87. The van der Waals surface area contributed by atoms with Gasteiger partial charge < -0.3 is 14.5 Å². The van der Waals surface area contributed by atoms with E-state index in [1.165, 1.54) is 22.0 Å². The van der Waals surface area contributed by atoms with Crippen molar-refractivity contribution >= 4 is 10.9 Å². The van der Waals surface area contributed by atoms with Crippen LogP contribution in [0.1, 0.15) is 42.7 Å². The van der Waals surface area contributed by atoms with Crippen LogP contribution in [0.5, 0.6) is 0 Å². The van der Waals surface area contributed by atoms with Crippen LogP contribution in [-0.2, 0) is 9.47 Å². The number of aromatic amines is 1. The van der Waals surface area contributed by atoms with Gasteiger partial charge >= 0.3 is 0 Å². The molecule has 3 heteroatoms. The van der Waals surface area contributed by atoms with E-state index in [0.717, 1.165) is 38.9 Å². The minimum atomic E-state index is -0.251. The highest BCUT2D eigenvalue weighted by Gasteiger charge is 2.40. The minimum Gasteiger partial charge on any atom is -0.361 e. The van der Waals surface area contributed by atoms with Gasteiger partial charge in [0.25, 0.3) is 0 Å². The van der Waals surface area contributed by atoms with E-state index >= 15 is 0 Å². The SMILES string of the molecule is Cc1ccc2[nH]cc(C3CCC4(CC3)OCCO4)c2c1. The molecule has 4 rings (SSSR count). The molecule has 106 valence electrons. The van der Waals surface area contributed by atoms with Crippen molar-refractivity contribution < 1.29 is 9.47 Å². The van der Waals surface area contributed by atoms with Crippen LogP contribution < -0.4 is 0 Å².